The van der Waals surface area contributed by atoms with Crippen molar-refractivity contribution in [2.75, 3.05) is 13.2 Å². The van der Waals surface area contributed by atoms with Crippen molar-refractivity contribution in [1.82, 2.24) is 10.2 Å². The van der Waals surface area contributed by atoms with Crippen molar-refractivity contribution in [3.63, 3.8) is 0 Å². The summed E-state index contributed by atoms with van der Waals surface area (Å²) in [5.41, 5.74) is 6.90. The lowest BCUT2D eigenvalue weighted by molar-refractivity contribution is 0.00313. The van der Waals surface area contributed by atoms with E-state index in [0.29, 0.717) is 13.2 Å². The highest BCUT2D eigenvalue weighted by Crippen LogP contribution is 2.37. The molecule has 1 aliphatic rings. The Morgan fingerprint density at radius 2 is 1.76 bits per heavy atom. The number of nitrogens with zero attached hydrogens (tertiary/aromatic N) is 1. The van der Waals surface area contributed by atoms with Gasteiger partial charge < -0.3 is 20.7 Å². The number of hydrogen-bond acceptors (Lipinski definition) is 3. The highest BCUT2D eigenvalue weighted by atomic mass is 16.5. The second-order valence-electron chi connectivity index (χ2n) is 8.38. The molecule has 0 radical (unpaired) electrons. The number of rotatable bonds is 5. The number of nitrogens with two attached hydrogens (primary N) is 1. The summed E-state index contributed by atoms with van der Waals surface area (Å²) in [6.45, 7) is 11.6. The average Bonchev–Trinajstić information content (AvgIpc) is 2.45. The predicted octanol–water partition coefficient (Wildman–Crippen LogP) is 3.45. The van der Waals surface area contributed by atoms with Crippen molar-refractivity contribution >= 4 is 6.03 Å². The SMILES string of the molecule is Cc1ccc(OCCCNC(=O)N2C(C)(C)CC(N)CC2(C)C)cc1. The third kappa shape index (κ3) is 5.11. The Labute approximate surface area is 151 Å². The standard InChI is InChI=1S/C20H33N3O2/c1-15-7-9-17(10-8-15)25-12-6-11-22-18(24)23-19(2,3)13-16(21)14-20(23,4)5/h7-10,16H,6,11-14,21H2,1-5H3,(H,22,24). The van der Waals surface area contributed by atoms with Crippen LogP contribution in [0.1, 0.15) is 52.5 Å². The van der Waals surface area contributed by atoms with E-state index in [1.807, 2.05) is 29.2 Å². The van der Waals surface area contributed by atoms with Crippen LogP contribution >= 0.6 is 0 Å². The molecule has 2 rings (SSSR count). The fourth-order valence-corrected chi connectivity index (χ4v) is 4.08. The number of ether oxygens (including phenoxy) is 1. The quantitative estimate of drug-likeness (QED) is 0.802. The molecule has 0 saturated carbocycles. The molecule has 1 aromatic carbocycles. The van der Waals surface area contributed by atoms with Crippen LogP contribution < -0.4 is 15.8 Å². The molecule has 1 aromatic rings. The minimum Gasteiger partial charge on any atom is -0.494 e. The third-order valence-electron chi connectivity index (χ3n) is 4.82. The van der Waals surface area contributed by atoms with Crippen LogP contribution in [0.25, 0.3) is 0 Å². The first-order valence-corrected chi connectivity index (χ1v) is 9.15. The summed E-state index contributed by atoms with van der Waals surface area (Å²) in [4.78, 5) is 14.7. The van der Waals surface area contributed by atoms with E-state index in [9.17, 15) is 4.79 Å². The van der Waals surface area contributed by atoms with E-state index < -0.39 is 0 Å². The molecule has 5 nitrogen and oxygen atoms in total. The number of carbonyl (C=O) groups excluding carboxylic acids is 1. The minimum atomic E-state index is -0.246. The van der Waals surface area contributed by atoms with Gasteiger partial charge in [0, 0.05) is 23.7 Å². The van der Waals surface area contributed by atoms with Gasteiger partial charge >= 0.3 is 6.03 Å². The normalized spacial score (nSPS) is 19.5. The van der Waals surface area contributed by atoms with E-state index >= 15 is 0 Å². The van der Waals surface area contributed by atoms with Gasteiger partial charge in [-0.05, 0) is 66.0 Å². The molecule has 3 N–H and O–H groups in total. The van der Waals surface area contributed by atoms with Crippen LogP contribution in [0.3, 0.4) is 0 Å². The van der Waals surface area contributed by atoms with Crippen molar-refractivity contribution in [3.8, 4) is 5.75 Å². The Morgan fingerprint density at radius 3 is 2.32 bits per heavy atom. The summed E-state index contributed by atoms with van der Waals surface area (Å²) < 4.78 is 5.70. The number of piperidine rings is 1. The Kier molecular flexibility index (Phi) is 5.99. The largest absolute Gasteiger partial charge is 0.494 e. The molecule has 0 aliphatic carbocycles. The highest BCUT2D eigenvalue weighted by molar-refractivity contribution is 5.76. The topological polar surface area (TPSA) is 67.6 Å². The number of likely N-dealkylation sites (tertiary alicyclic amines) is 1. The number of hydrogen-bond donors (Lipinski definition) is 2. The Hall–Kier alpha value is -1.75. The van der Waals surface area contributed by atoms with Gasteiger partial charge in [-0.25, -0.2) is 4.79 Å². The van der Waals surface area contributed by atoms with Crippen molar-refractivity contribution in [2.45, 2.75) is 71.0 Å². The lowest BCUT2D eigenvalue weighted by atomic mass is 9.77. The van der Waals surface area contributed by atoms with Crippen LogP contribution in [0.2, 0.25) is 0 Å². The first-order valence-electron chi connectivity index (χ1n) is 9.15. The van der Waals surface area contributed by atoms with Crippen LogP contribution in [0.4, 0.5) is 4.79 Å². The smallest absolute Gasteiger partial charge is 0.318 e. The first kappa shape index (κ1) is 19.6. The molecule has 0 spiro atoms. The van der Waals surface area contributed by atoms with Gasteiger partial charge in [-0.15, -0.1) is 0 Å². The third-order valence-corrected chi connectivity index (χ3v) is 4.82. The predicted molar refractivity (Wildman–Crippen MR) is 102 cm³/mol. The van der Waals surface area contributed by atoms with Crippen LogP contribution in [0.15, 0.2) is 24.3 Å². The fraction of sp³-hybridized carbons (Fsp3) is 0.650. The summed E-state index contributed by atoms with van der Waals surface area (Å²) in [6.07, 6.45) is 2.41. The average molecular weight is 348 g/mol. The summed E-state index contributed by atoms with van der Waals surface area (Å²) in [6, 6.07) is 8.12. The number of nitrogens with one attached hydrogen (secondary N) is 1. The Bertz CT molecular complexity index is 563. The monoisotopic (exact) mass is 347 g/mol. The van der Waals surface area contributed by atoms with Crippen LogP contribution in [0.5, 0.6) is 5.75 Å². The van der Waals surface area contributed by atoms with Crippen LogP contribution in [-0.4, -0.2) is 41.2 Å². The highest BCUT2D eigenvalue weighted by Gasteiger charge is 2.46. The number of carbonyl (C=O) groups is 1. The number of amides is 2. The van der Waals surface area contributed by atoms with E-state index in [1.165, 1.54) is 5.56 Å². The zero-order valence-electron chi connectivity index (χ0n) is 16.3. The van der Waals surface area contributed by atoms with Crippen molar-refractivity contribution in [3.05, 3.63) is 29.8 Å². The van der Waals surface area contributed by atoms with Crippen molar-refractivity contribution in [2.24, 2.45) is 5.73 Å². The second-order valence-corrected chi connectivity index (χ2v) is 8.38. The molecule has 0 bridgehead atoms. The van der Waals surface area contributed by atoms with E-state index in [0.717, 1.165) is 25.0 Å². The Balaban J connectivity index is 1.80. The Morgan fingerprint density at radius 1 is 1.20 bits per heavy atom. The summed E-state index contributed by atoms with van der Waals surface area (Å²) >= 11 is 0. The molecule has 25 heavy (non-hydrogen) atoms. The maximum atomic E-state index is 12.7. The van der Waals surface area contributed by atoms with E-state index in [-0.39, 0.29) is 23.2 Å². The molecule has 1 saturated heterocycles. The molecule has 1 fully saturated rings. The van der Waals surface area contributed by atoms with Crippen LogP contribution in [0, 0.1) is 6.92 Å². The molecule has 0 aromatic heterocycles. The summed E-state index contributed by atoms with van der Waals surface area (Å²) in [7, 11) is 0. The second kappa shape index (κ2) is 7.65. The zero-order valence-corrected chi connectivity index (χ0v) is 16.3. The van der Waals surface area contributed by atoms with Gasteiger partial charge in [-0.3, -0.25) is 0 Å². The number of aryl methyl sites for hydroxylation is 1. The fourth-order valence-electron chi connectivity index (χ4n) is 4.08. The maximum Gasteiger partial charge on any atom is 0.318 e. The van der Waals surface area contributed by atoms with Crippen molar-refractivity contribution < 1.29 is 9.53 Å². The lowest BCUT2D eigenvalue weighted by Crippen LogP contribution is -2.67. The molecule has 5 heteroatoms. The van der Waals surface area contributed by atoms with Gasteiger partial charge in [-0.1, -0.05) is 17.7 Å². The van der Waals surface area contributed by atoms with Crippen LogP contribution in [-0.2, 0) is 0 Å². The molecule has 140 valence electrons. The van der Waals surface area contributed by atoms with Crippen molar-refractivity contribution in [1.29, 1.82) is 0 Å². The molecular weight excluding hydrogens is 314 g/mol. The summed E-state index contributed by atoms with van der Waals surface area (Å²) in [5, 5.41) is 3.04. The van der Waals surface area contributed by atoms with Gasteiger partial charge in [0.25, 0.3) is 0 Å². The molecule has 1 heterocycles. The molecule has 1 aliphatic heterocycles. The van der Waals surface area contributed by atoms with Gasteiger partial charge in [0.2, 0.25) is 0 Å². The van der Waals surface area contributed by atoms with Gasteiger partial charge in [0.1, 0.15) is 5.75 Å². The number of benzene rings is 1. The number of urea groups is 1. The molecule has 2 amide bonds. The molecule has 0 unspecified atom stereocenters. The first-order chi connectivity index (χ1) is 11.6. The van der Waals surface area contributed by atoms with Gasteiger partial charge in [0.15, 0.2) is 0 Å². The molecule has 0 atom stereocenters. The molecular formula is C20H33N3O2. The van der Waals surface area contributed by atoms with Gasteiger partial charge in [-0.2, -0.15) is 0 Å². The maximum absolute atomic E-state index is 12.7. The zero-order chi connectivity index (χ0) is 18.7. The minimum absolute atomic E-state index is 0.0164. The van der Waals surface area contributed by atoms with E-state index in [4.69, 9.17) is 10.5 Å². The lowest BCUT2D eigenvalue weighted by Gasteiger charge is -2.54. The van der Waals surface area contributed by atoms with E-state index in [1.54, 1.807) is 0 Å². The summed E-state index contributed by atoms with van der Waals surface area (Å²) in [5.74, 6) is 0.865. The van der Waals surface area contributed by atoms with E-state index in [2.05, 4.69) is 39.9 Å². The van der Waals surface area contributed by atoms with Gasteiger partial charge in [0.05, 0.1) is 6.61 Å².